The summed E-state index contributed by atoms with van der Waals surface area (Å²) in [5.74, 6) is 0. The van der Waals surface area contributed by atoms with Crippen LogP contribution >= 0.6 is 12.2 Å². The molecule has 9 heteroatoms. The summed E-state index contributed by atoms with van der Waals surface area (Å²) in [6, 6.07) is 14.1. The standard InChI is InChI=1S/C23H27N7OS/c32-23(25-9-10-29-11-13-31-14-12-29)27-26-16-21-18-30(17-19-5-2-1-3-6-19)28-22(21)20-7-4-8-24-15-20/h1-8,15-16,18H,9-14,17H2,(H2,25,27,32)/b26-16+. The van der Waals surface area contributed by atoms with Gasteiger partial charge in [0.1, 0.15) is 5.69 Å². The molecule has 0 spiro atoms. The quantitative estimate of drug-likeness (QED) is 0.310. The highest BCUT2D eigenvalue weighted by atomic mass is 32.1. The summed E-state index contributed by atoms with van der Waals surface area (Å²) in [4.78, 5) is 6.58. The molecule has 0 saturated carbocycles. The molecule has 0 atom stereocenters. The van der Waals surface area contributed by atoms with E-state index in [1.165, 1.54) is 5.56 Å². The van der Waals surface area contributed by atoms with E-state index in [0.717, 1.165) is 56.2 Å². The maximum Gasteiger partial charge on any atom is 0.187 e. The van der Waals surface area contributed by atoms with Crippen molar-refractivity contribution in [3.05, 3.63) is 72.2 Å². The number of nitrogens with one attached hydrogen (secondary N) is 2. The van der Waals surface area contributed by atoms with Gasteiger partial charge in [0, 0.05) is 55.9 Å². The van der Waals surface area contributed by atoms with Crippen molar-refractivity contribution in [3.8, 4) is 11.3 Å². The average Bonchev–Trinajstić information content (AvgIpc) is 3.23. The lowest BCUT2D eigenvalue weighted by atomic mass is 10.1. The van der Waals surface area contributed by atoms with Crippen LogP contribution in [0.2, 0.25) is 0 Å². The summed E-state index contributed by atoms with van der Waals surface area (Å²) in [5, 5.41) is 12.8. The van der Waals surface area contributed by atoms with Crippen LogP contribution in [0.15, 0.2) is 66.2 Å². The van der Waals surface area contributed by atoms with E-state index in [0.29, 0.717) is 11.7 Å². The molecule has 3 aromatic rings. The normalized spacial score (nSPS) is 14.5. The number of ether oxygens (including phenoxy) is 1. The van der Waals surface area contributed by atoms with E-state index in [2.05, 4.69) is 37.9 Å². The third-order valence-electron chi connectivity index (χ3n) is 5.10. The van der Waals surface area contributed by atoms with Gasteiger partial charge >= 0.3 is 0 Å². The minimum atomic E-state index is 0.495. The van der Waals surface area contributed by atoms with Crippen molar-refractivity contribution in [1.82, 2.24) is 30.4 Å². The SMILES string of the molecule is S=C(NCCN1CCOCC1)N/N=C/c1cn(Cc2ccccc2)nc1-c1cccnc1. The predicted molar refractivity (Wildman–Crippen MR) is 130 cm³/mol. The minimum Gasteiger partial charge on any atom is -0.379 e. The summed E-state index contributed by atoms with van der Waals surface area (Å²) < 4.78 is 7.28. The highest BCUT2D eigenvalue weighted by Crippen LogP contribution is 2.20. The third kappa shape index (κ3) is 6.43. The van der Waals surface area contributed by atoms with Gasteiger partial charge in [-0.2, -0.15) is 10.2 Å². The van der Waals surface area contributed by atoms with Gasteiger partial charge in [-0.15, -0.1) is 0 Å². The van der Waals surface area contributed by atoms with Crippen molar-refractivity contribution in [2.75, 3.05) is 39.4 Å². The van der Waals surface area contributed by atoms with Gasteiger partial charge in [0.05, 0.1) is 26.0 Å². The Kier molecular flexibility index (Phi) is 7.91. The summed E-state index contributed by atoms with van der Waals surface area (Å²) >= 11 is 5.34. The largest absolute Gasteiger partial charge is 0.379 e. The van der Waals surface area contributed by atoms with Gasteiger partial charge in [-0.1, -0.05) is 30.3 Å². The number of morpholine rings is 1. The first-order valence-electron chi connectivity index (χ1n) is 10.7. The van der Waals surface area contributed by atoms with E-state index in [1.54, 1.807) is 18.6 Å². The van der Waals surface area contributed by atoms with Crippen LogP contribution in [0.1, 0.15) is 11.1 Å². The lowest BCUT2D eigenvalue weighted by molar-refractivity contribution is 0.0389. The maximum absolute atomic E-state index is 5.37. The molecule has 3 heterocycles. The van der Waals surface area contributed by atoms with E-state index >= 15 is 0 Å². The molecule has 0 unspecified atom stereocenters. The number of rotatable bonds is 8. The van der Waals surface area contributed by atoms with E-state index in [9.17, 15) is 0 Å². The molecule has 8 nitrogen and oxygen atoms in total. The Bertz CT molecular complexity index is 1020. The fraction of sp³-hybridized carbons (Fsp3) is 0.304. The van der Waals surface area contributed by atoms with E-state index in [1.807, 2.05) is 41.2 Å². The molecule has 1 aromatic carbocycles. The molecule has 166 valence electrons. The molecule has 1 aliphatic rings. The number of pyridine rings is 1. The second-order valence-corrected chi connectivity index (χ2v) is 7.85. The Morgan fingerprint density at radius 3 is 2.78 bits per heavy atom. The van der Waals surface area contributed by atoms with Crippen LogP contribution in [0.4, 0.5) is 0 Å². The van der Waals surface area contributed by atoms with Crippen molar-refractivity contribution >= 4 is 23.5 Å². The second kappa shape index (κ2) is 11.5. The number of benzene rings is 1. The lowest BCUT2D eigenvalue weighted by Crippen LogP contribution is -2.42. The van der Waals surface area contributed by atoms with Crippen molar-refractivity contribution in [1.29, 1.82) is 0 Å². The van der Waals surface area contributed by atoms with Gasteiger partial charge in [-0.25, -0.2) is 0 Å². The van der Waals surface area contributed by atoms with Gasteiger partial charge in [-0.05, 0) is 29.9 Å². The van der Waals surface area contributed by atoms with Crippen molar-refractivity contribution in [2.24, 2.45) is 5.10 Å². The highest BCUT2D eigenvalue weighted by Gasteiger charge is 2.11. The first-order valence-corrected chi connectivity index (χ1v) is 11.1. The lowest BCUT2D eigenvalue weighted by Gasteiger charge is -2.26. The number of hydrazone groups is 1. The topological polar surface area (TPSA) is 79.6 Å². The maximum atomic E-state index is 5.37. The summed E-state index contributed by atoms with van der Waals surface area (Å²) in [7, 11) is 0. The smallest absolute Gasteiger partial charge is 0.187 e. The van der Waals surface area contributed by atoms with Crippen LogP contribution in [-0.2, 0) is 11.3 Å². The highest BCUT2D eigenvalue weighted by molar-refractivity contribution is 7.80. The van der Waals surface area contributed by atoms with Gasteiger partial charge in [0.25, 0.3) is 0 Å². The number of nitrogens with zero attached hydrogens (tertiary/aromatic N) is 5. The zero-order chi connectivity index (χ0) is 22.0. The van der Waals surface area contributed by atoms with Gasteiger partial charge in [0.15, 0.2) is 5.11 Å². The Labute approximate surface area is 193 Å². The van der Waals surface area contributed by atoms with E-state index in [4.69, 9.17) is 22.1 Å². The Morgan fingerprint density at radius 2 is 2.00 bits per heavy atom. The molecule has 4 rings (SSSR count). The minimum absolute atomic E-state index is 0.495. The summed E-state index contributed by atoms with van der Waals surface area (Å²) in [5.41, 5.74) is 6.73. The molecule has 0 radical (unpaired) electrons. The molecular weight excluding hydrogens is 422 g/mol. The Balaban J connectivity index is 1.37. The predicted octanol–water partition coefficient (Wildman–Crippen LogP) is 2.12. The van der Waals surface area contributed by atoms with Gasteiger partial charge < -0.3 is 10.1 Å². The molecule has 32 heavy (non-hydrogen) atoms. The van der Waals surface area contributed by atoms with Crippen LogP contribution in [0.25, 0.3) is 11.3 Å². The van der Waals surface area contributed by atoms with Gasteiger partial charge in [-0.3, -0.25) is 20.0 Å². The fourth-order valence-electron chi connectivity index (χ4n) is 3.46. The molecular formula is C23H27N7OS. The van der Waals surface area contributed by atoms with Crippen LogP contribution in [-0.4, -0.2) is 70.4 Å². The molecule has 2 aromatic heterocycles. The van der Waals surface area contributed by atoms with E-state index < -0.39 is 0 Å². The number of hydrogen-bond donors (Lipinski definition) is 2. The Morgan fingerprint density at radius 1 is 1.16 bits per heavy atom. The van der Waals surface area contributed by atoms with Crippen molar-refractivity contribution < 1.29 is 4.74 Å². The Hall–Kier alpha value is -3.14. The molecule has 0 aliphatic carbocycles. The molecule has 1 fully saturated rings. The number of aromatic nitrogens is 3. The third-order valence-corrected chi connectivity index (χ3v) is 5.34. The van der Waals surface area contributed by atoms with Crippen LogP contribution in [0, 0.1) is 0 Å². The summed E-state index contributed by atoms with van der Waals surface area (Å²) in [6.07, 6.45) is 7.28. The second-order valence-electron chi connectivity index (χ2n) is 7.44. The molecule has 2 N–H and O–H groups in total. The number of hydrogen-bond acceptors (Lipinski definition) is 6. The molecule has 0 bridgehead atoms. The monoisotopic (exact) mass is 449 g/mol. The van der Waals surface area contributed by atoms with Crippen molar-refractivity contribution in [3.63, 3.8) is 0 Å². The molecule has 0 amide bonds. The fourth-order valence-corrected chi connectivity index (χ4v) is 3.62. The van der Waals surface area contributed by atoms with Crippen molar-refractivity contribution in [2.45, 2.75) is 6.54 Å². The molecule has 1 saturated heterocycles. The number of thiocarbonyl (C=S) groups is 1. The van der Waals surface area contributed by atoms with Crippen LogP contribution in [0.5, 0.6) is 0 Å². The van der Waals surface area contributed by atoms with E-state index in [-0.39, 0.29) is 0 Å². The van der Waals surface area contributed by atoms with Gasteiger partial charge in [0.2, 0.25) is 0 Å². The first-order chi connectivity index (χ1) is 15.8. The average molecular weight is 450 g/mol. The summed E-state index contributed by atoms with van der Waals surface area (Å²) in [6.45, 7) is 5.88. The van der Waals surface area contributed by atoms with Crippen LogP contribution < -0.4 is 10.7 Å². The molecule has 1 aliphatic heterocycles. The first kappa shape index (κ1) is 22.1. The zero-order valence-corrected chi connectivity index (χ0v) is 18.7. The van der Waals surface area contributed by atoms with Crippen LogP contribution in [0.3, 0.4) is 0 Å². The zero-order valence-electron chi connectivity index (χ0n) is 17.9.